The molecule has 0 aliphatic rings. The van der Waals surface area contributed by atoms with Gasteiger partial charge in [0.15, 0.2) is 0 Å². The van der Waals surface area contributed by atoms with Gasteiger partial charge in [-0.05, 0) is 67.3 Å². The fourth-order valence-corrected chi connectivity index (χ4v) is 6.51. The molecule has 0 saturated heterocycles. The van der Waals surface area contributed by atoms with Crippen molar-refractivity contribution in [2.75, 3.05) is 24.5 Å². The van der Waals surface area contributed by atoms with E-state index in [9.17, 15) is 18.0 Å². The molecule has 1 N–H and O–H groups in total. The summed E-state index contributed by atoms with van der Waals surface area (Å²) in [6, 6.07) is 29.4. The molecule has 8 nitrogen and oxygen atoms in total. The normalized spacial score (nSPS) is 12.0. The first-order chi connectivity index (χ1) is 22.0. The third-order valence-electron chi connectivity index (χ3n) is 7.64. The van der Waals surface area contributed by atoms with E-state index in [0.29, 0.717) is 18.0 Å². The third kappa shape index (κ3) is 8.97. The number of methoxy groups -OCH3 is 1. The quantitative estimate of drug-likeness (QED) is 0.185. The Labute approximate surface area is 273 Å². The lowest BCUT2D eigenvalue weighted by Gasteiger charge is -2.34. The largest absolute Gasteiger partial charge is 0.497 e. The van der Waals surface area contributed by atoms with Crippen molar-refractivity contribution < 1.29 is 22.7 Å². The number of aryl methyl sites for hydroxylation is 2. The lowest BCUT2D eigenvalue weighted by Crippen LogP contribution is -2.53. The van der Waals surface area contributed by atoms with Crippen LogP contribution in [0.15, 0.2) is 108 Å². The van der Waals surface area contributed by atoms with Crippen LogP contribution in [0.4, 0.5) is 5.69 Å². The highest BCUT2D eigenvalue weighted by Crippen LogP contribution is 2.27. The molecular formula is C37H43N3O5S. The summed E-state index contributed by atoms with van der Waals surface area (Å²) in [5.74, 6) is -0.0791. The zero-order chi connectivity index (χ0) is 33.3. The molecule has 242 valence electrons. The van der Waals surface area contributed by atoms with Gasteiger partial charge in [0.05, 0.1) is 17.7 Å². The van der Waals surface area contributed by atoms with Crippen LogP contribution in [0, 0.1) is 19.8 Å². The van der Waals surface area contributed by atoms with Gasteiger partial charge in [0, 0.05) is 19.5 Å². The lowest BCUT2D eigenvalue weighted by atomic mass is 10.0. The number of anilines is 1. The molecule has 1 atom stereocenters. The Balaban J connectivity index is 1.79. The number of nitrogens with one attached hydrogen (secondary N) is 1. The average Bonchev–Trinajstić information content (AvgIpc) is 3.05. The molecule has 0 saturated carbocycles. The number of nitrogens with zero attached hydrogens (tertiary/aromatic N) is 2. The average molecular weight is 642 g/mol. The first-order valence-electron chi connectivity index (χ1n) is 15.4. The Morgan fingerprint density at radius 2 is 1.46 bits per heavy atom. The highest BCUT2D eigenvalue weighted by atomic mass is 32.2. The van der Waals surface area contributed by atoms with Crippen LogP contribution < -0.4 is 14.4 Å². The Hall–Kier alpha value is -4.63. The van der Waals surface area contributed by atoms with E-state index in [4.69, 9.17) is 4.74 Å². The maximum atomic E-state index is 14.6. The number of hydrogen-bond acceptors (Lipinski definition) is 5. The molecule has 46 heavy (non-hydrogen) atoms. The number of benzene rings is 4. The second-order valence-electron chi connectivity index (χ2n) is 11.9. The fraction of sp³-hybridized carbons (Fsp3) is 0.297. The summed E-state index contributed by atoms with van der Waals surface area (Å²) in [6.45, 7) is 7.94. The fourth-order valence-electron chi connectivity index (χ4n) is 5.10. The Morgan fingerprint density at radius 3 is 2.07 bits per heavy atom. The van der Waals surface area contributed by atoms with Gasteiger partial charge >= 0.3 is 0 Å². The molecule has 0 spiro atoms. The molecule has 2 amide bonds. The molecule has 0 unspecified atom stereocenters. The summed E-state index contributed by atoms with van der Waals surface area (Å²) in [4.78, 5) is 30.0. The number of carbonyl (C=O) groups is 2. The number of carbonyl (C=O) groups excluding carboxylic acids is 2. The third-order valence-corrected chi connectivity index (χ3v) is 9.43. The van der Waals surface area contributed by atoms with E-state index in [1.807, 2.05) is 82.3 Å². The van der Waals surface area contributed by atoms with Crippen LogP contribution in [-0.2, 0) is 32.6 Å². The molecular weight excluding hydrogens is 598 g/mol. The minimum Gasteiger partial charge on any atom is -0.497 e. The Bertz CT molecular complexity index is 1710. The van der Waals surface area contributed by atoms with Crippen molar-refractivity contribution in [1.29, 1.82) is 0 Å². The molecule has 0 bridgehead atoms. The summed E-state index contributed by atoms with van der Waals surface area (Å²) in [5, 5.41) is 3.02. The summed E-state index contributed by atoms with van der Waals surface area (Å²) in [7, 11) is -2.69. The molecule has 4 rings (SSSR count). The number of ether oxygens (including phenoxy) is 1. The van der Waals surface area contributed by atoms with Crippen molar-refractivity contribution in [1.82, 2.24) is 10.2 Å². The van der Waals surface area contributed by atoms with Crippen molar-refractivity contribution in [3.8, 4) is 5.75 Å². The van der Waals surface area contributed by atoms with E-state index in [2.05, 4.69) is 5.32 Å². The van der Waals surface area contributed by atoms with E-state index in [0.717, 1.165) is 26.6 Å². The first-order valence-corrected chi connectivity index (χ1v) is 16.8. The standard InChI is InChI=1S/C37H43N3O5S/c1-27(2)24-38-37(42)35(23-30-11-7-6-8-12-30)39(25-31-13-9-10-29(4)22-31)36(41)26-40(32-16-14-28(3)15-17-32)46(43,44)34-20-18-33(45-5)19-21-34/h6-22,27,35H,23-26H2,1-5H3,(H,38,42)/t35-/m0/s1. The van der Waals surface area contributed by atoms with Gasteiger partial charge in [-0.25, -0.2) is 8.42 Å². The molecule has 0 aliphatic carbocycles. The van der Waals surface area contributed by atoms with Crippen molar-refractivity contribution in [2.24, 2.45) is 5.92 Å². The molecule has 4 aromatic rings. The zero-order valence-electron chi connectivity index (χ0n) is 27.1. The van der Waals surface area contributed by atoms with Gasteiger partial charge in [0.25, 0.3) is 10.0 Å². The SMILES string of the molecule is COc1ccc(S(=O)(=O)N(CC(=O)N(Cc2cccc(C)c2)[C@@H](Cc2ccccc2)C(=O)NCC(C)C)c2ccc(C)cc2)cc1. The Morgan fingerprint density at radius 1 is 0.804 bits per heavy atom. The van der Waals surface area contributed by atoms with Gasteiger partial charge in [0.1, 0.15) is 18.3 Å². The van der Waals surface area contributed by atoms with Crippen molar-refractivity contribution >= 4 is 27.5 Å². The highest BCUT2D eigenvalue weighted by Gasteiger charge is 2.34. The van der Waals surface area contributed by atoms with Crippen molar-refractivity contribution in [2.45, 2.75) is 51.6 Å². The van der Waals surface area contributed by atoms with Gasteiger partial charge in [-0.2, -0.15) is 0 Å². The number of amides is 2. The minimum atomic E-state index is -4.20. The van der Waals surface area contributed by atoms with Gasteiger partial charge < -0.3 is 15.0 Å². The van der Waals surface area contributed by atoms with Gasteiger partial charge in [-0.3, -0.25) is 13.9 Å². The summed E-state index contributed by atoms with van der Waals surface area (Å²) < 4.78 is 34.7. The maximum absolute atomic E-state index is 14.6. The van der Waals surface area contributed by atoms with Gasteiger partial charge in [-0.15, -0.1) is 0 Å². The molecule has 0 fully saturated rings. The predicted molar refractivity (Wildman–Crippen MR) is 182 cm³/mol. The summed E-state index contributed by atoms with van der Waals surface area (Å²) >= 11 is 0. The second kappa shape index (κ2) is 15.6. The van der Waals surface area contributed by atoms with Gasteiger partial charge in [0.2, 0.25) is 11.8 Å². The monoisotopic (exact) mass is 641 g/mol. The Kier molecular flexibility index (Phi) is 11.6. The number of hydrogen-bond donors (Lipinski definition) is 1. The van der Waals surface area contributed by atoms with E-state index >= 15 is 0 Å². The molecule has 0 aliphatic heterocycles. The van der Waals surface area contributed by atoms with E-state index < -0.39 is 28.5 Å². The van der Waals surface area contributed by atoms with E-state index in [-0.39, 0.29) is 29.7 Å². The number of rotatable bonds is 14. The topological polar surface area (TPSA) is 96.0 Å². The minimum absolute atomic E-state index is 0.0161. The van der Waals surface area contributed by atoms with Crippen LogP contribution in [0.3, 0.4) is 0 Å². The smallest absolute Gasteiger partial charge is 0.264 e. The van der Waals surface area contributed by atoms with E-state index in [1.165, 1.54) is 24.1 Å². The lowest BCUT2D eigenvalue weighted by molar-refractivity contribution is -0.140. The number of sulfonamides is 1. The van der Waals surface area contributed by atoms with Crippen molar-refractivity contribution in [3.05, 3.63) is 125 Å². The van der Waals surface area contributed by atoms with Crippen LogP contribution in [0.25, 0.3) is 0 Å². The highest BCUT2D eigenvalue weighted by molar-refractivity contribution is 7.92. The zero-order valence-corrected chi connectivity index (χ0v) is 28.0. The molecule has 0 heterocycles. The van der Waals surface area contributed by atoms with Crippen molar-refractivity contribution in [3.63, 3.8) is 0 Å². The molecule has 0 aromatic heterocycles. The predicted octanol–water partition coefficient (Wildman–Crippen LogP) is 5.92. The maximum Gasteiger partial charge on any atom is 0.264 e. The van der Waals surface area contributed by atoms with E-state index in [1.54, 1.807) is 36.4 Å². The second-order valence-corrected chi connectivity index (χ2v) is 13.7. The first kappa shape index (κ1) is 34.2. The molecule has 0 radical (unpaired) electrons. The van der Waals surface area contributed by atoms with Crippen LogP contribution in [-0.4, -0.2) is 51.4 Å². The molecule has 4 aromatic carbocycles. The summed E-state index contributed by atoms with van der Waals surface area (Å²) in [5.41, 5.74) is 4.02. The van der Waals surface area contributed by atoms with Crippen LogP contribution in [0.5, 0.6) is 5.75 Å². The van der Waals surface area contributed by atoms with Crippen LogP contribution in [0.2, 0.25) is 0 Å². The van der Waals surface area contributed by atoms with Crippen LogP contribution >= 0.6 is 0 Å². The van der Waals surface area contributed by atoms with Gasteiger partial charge in [-0.1, -0.05) is 91.7 Å². The summed E-state index contributed by atoms with van der Waals surface area (Å²) in [6.07, 6.45) is 0.262. The molecule has 9 heteroatoms. The van der Waals surface area contributed by atoms with Crippen LogP contribution in [0.1, 0.15) is 36.1 Å².